The van der Waals surface area contributed by atoms with Crippen LogP contribution in [0, 0.1) is 0 Å². The van der Waals surface area contributed by atoms with E-state index in [-0.39, 0.29) is 12.0 Å². The largest absolute Gasteiger partial charge is 0.375 e. The molecular formula is C13H16N4O2. The number of hydrogen-bond acceptors (Lipinski definition) is 4. The molecule has 0 spiro atoms. The number of fused-ring (bicyclic) bond motifs is 1. The molecule has 19 heavy (non-hydrogen) atoms. The maximum Gasteiger partial charge on any atom is 0.254 e. The Morgan fingerprint density at radius 3 is 3.16 bits per heavy atom. The molecule has 1 aliphatic heterocycles. The molecule has 1 aromatic carbocycles. The molecule has 2 aromatic rings. The summed E-state index contributed by atoms with van der Waals surface area (Å²) in [4.78, 5) is 14.3. The van der Waals surface area contributed by atoms with E-state index in [1.807, 2.05) is 11.0 Å². The summed E-state index contributed by atoms with van der Waals surface area (Å²) in [6, 6.07) is 5.38. The van der Waals surface area contributed by atoms with Crippen LogP contribution in [0.4, 0.5) is 0 Å². The van der Waals surface area contributed by atoms with Crippen molar-refractivity contribution in [1.29, 1.82) is 0 Å². The molecule has 1 aliphatic rings. The van der Waals surface area contributed by atoms with Crippen LogP contribution in [0.25, 0.3) is 11.0 Å². The van der Waals surface area contributed by atoms with E-state index in [0.717, 1.165) is 11.9 Å². The van der Waals surface area contributed by atoms with Crippen molar-refractivity contribution < 1.29 is 9.53 Å². The standard InChI is InChI=1S/C13H16N4O2/c1-2-10-8-17(5-6-19-10)13(18)9-3-4-11-12(7-9)15-16-14-11/h3-4,7,10H,2,5-6,8H2,1H3,(H,14,15,16)/t10-/m0/s1. The van der Waals surface area contributed by atoms with Gasteiger partial charge in [0.05, 0.1) is 12.7 Å². The Labute approximate surface area is 110 Å². The Balaban J connectivity index is 1.82. The van der Waals surface area contributed by atoms with Gasteiger partial charge in [0.1, 0.15) is 11.0 Å². The van der Waals surface area contributed by atoms with E-state index < -0.39 is 0 Å². The highest BCUT2D eigenvalue weighted by molar-refractivity contribution is 5.97. The van der Waals surface area contributed by atoms with Gasteiger partial charge in [0, 0.05) is 18.7 Å². The fraction of sp³-hybridized carbons (Fsp3) is 0.462. The number of nitrogens with zero attached hydrogens (tertiary/aromatic N) is 3. The predicted octanol–water partition coefficient (Wildman–Crippen LogP) is 1.21. The van der Waals surface area contributed by atoms with Gasteiger partial charge in [-0.05, 0) is 24.6 Å². The van der Waals surface area contributed by atoms with Crippen molar-refractivity contribution in [1.82, 2.24) is 20.3 Å². The molecule has 1 N–H and O–H groups in total. The van der Waals surface area contributed by atoms with Gasteiger partial charge in [-0.2, -0.15) is 15.4 Å². The van der Waals surface area contributed by atoms with Gasteiger partial charge in [-0.1, -0.05) is 6.92 Å². The highest BCUT2D eigenvalue weighted by atomic mass is 16.5. The van der Waals surface area contributed by atoms with Crippen molar-refractivity contribution in [2.75, 3.05) is 19.7 Å². The number of benzene rings is 1. The summed E-state index contributed by atoms with van der Waals surface area (Å²) in [5.41, 5.74) is 2.13. The minimum atomic E-state index is 0.0339. The van der Waals surface area contributed by atoms with E-state index in [1.165, 1.54) is 0 Å². The molecule has 0 saturated carbocycles. The van der Waals surface area contributed by atoms with Gasteiger partial charge in [-0.3, -0.25) is 4.79 Å². The van der Waals surface area contributed by atoms with Crippen LogP contribution in [0.3, 0.4) is 0 Å². The molecular weight excluding hydrogens is 244 g/mol. The summed E-state index contributed by atoms with van der Waals surface area (Å²) >= 11 is 0. The van der Waals surface area contributed by atoms with Crippen molar-refractivity contribution in [3.63, 3.8) is 0 Å². The highest BCUT2D eigenvalue weighted by Gasteiger charge is 2.24. The van der Waals surface area contributed by atoms with Crippen LogP contribution in [-0.2, 0) is 4.74 Å². The number of hydrogen-bond donors (Lipinski definition) is 1. The molecule has 0 radical (unpaired) electrons. The summed E-state index contributed by atoms with van der Waals surface area (Å²) < 4.78 is 5.58. The number of carbonyl (C=O) groups excluding carboxylic acids is 1. The summed E-state index contributed by atoms with van der Waals surface area (Å²) in [5, 5.41) is 10.5. The maximum atomic E-state index is 12.4. The Morgan fingerprint density at radius 2 is 2.32 bits per heavy atom. The highest BCUT2D eigenvalue weighted by Crippen LogP contribution is 2.15. The van der Waals surface area contributed by atoms with Crippen LogP contribution in [-0.4, -0.2) is 52.0 Å². The number of amides is 1. The van der Waals surface area contributed by atoms with Gasteiger partial charge < -0.3 is 9.64 Å². The van der Waals surface area contributed by atoms with Crippen molar-refractivity contribution >= 4 is 16.9 Å². The van der Waals surface area contributed by atoms with Crippen LogP contribution in [0.1, 0.15) is 23.7 Å². The molecule has 3 rings (SSSR count). The minimum absolute atomic E-state index is 0.0339. The third-order valence-corrected chi connectivity index (χ3v) is 3.44. The van der Waals surface area contributed by atoms with Crippen molar-refractivity contribution in [3.05, 3.63) is 23.8 Å². The fourth-order valence-electron chi connectivity index (χ4n) is 2.31. The minimum Gasteiger partial charge on any atom is -0.375 e. The molecule has 0 unspecified atom stereocenters. The van der Waals surface area contributed by atoms with Crippen LogP contribution in [0.15, 0.2) is 18.2 Å². The zero-order valence-electron chi connectivity index (χ0n) is 10.8. The van der Waals surface area contributed by atoms with Gasteiger partial charge in [-0.25, -0.2) is 0 Å². The summed E-state index contributed by atoms with van der Waals surface area (Å²) in [5.74, 6) is 0.0339. The lowest BCUT2D eigenvalue weighted by Gasteiger charge is -2.32. The van der Waals surface area contributed by atoms with Crippen molar-refractivity contribution in [2.24, 2.45) is 0 Å². The average molecular weight is 260 g/mol. The average Bonchev–Trinajstić information content (AvgIpc) is 2.94. The van der Waals surface area contributed by atoms with Gasteiger partial charge in [0.15, 0.2) is 0 Å². The molecule has 0 aliphatic carbocycles. The van der Waals surface area contributed by atoms with E-state index in [0.29, 0.717) is 30.8 Å². The molecule has 1 atom stereocenters. The molecule has 6 heteroatoms. The third kappa shape index (κ3) is 2.31. The summed E-state index contributed by atoms with van der Waals surface area (Å²) in [6.07, 6.45) is 1.07. The molecule has 0 bridgehead atoms. The second kappa shape index (κ2) is 4.97. The summed E-state index contributed by atoms with van der Waals surface area (Å²) in [6.45, 7) is 3.98. The zero-order valence-corrected chi connectivity index (χ0v) is 10.8. The number of H-pyrrole nitrogens is 1. The topological polar surface area (TPSA) is 71.1 Å². The van der Waals surface area contributed by atoms with E-state index >= 15 is 0 Å². The Morgan fingerprint density at radius 1 is 1.47 bits per heavy atom. The van der Waals surface area contributed by atoms with Crippen LogP contribution in [0.2, 0.25) is 0 Å². The van der Waals surface area contributed by atoms with Gasteiger partial charge in [-0.15, -0.1) is 0 Å². The number of aromatic nitrogens is 3. The fourth-order valence-corrected chi connectivity index (χ4v) is 2.31. The first-order valence-corrected chi connectivity index (χ1v) is 6.49. The smallest absolute Gasteiger partial charge is 0.254 e. The summed E-state index contributed by atoms with van der Waals surface area (Å²) in [7, 11) is 0. The first-order chi connectivity index (χ1) is 9.28. The van der Waals surface area contributed by atoms with E-state index in [4.69, 9.17) is 4.74 Å². The van der Waals surface area contributed by atoms with Crippen molar-refractivity contribution in [3.8, 4) is 0 Å². The van der Waals surface area contributed by atoms with Crippen LogP contribution in [0.5, 0.6) is 0 Å². The number of nitrogens with one attached hydrogen (secondary N) is 1. The van der Waals surface area contributed by atoms with Crippen LogP contribution >= 0.6 is 0 Å². The van der Waals surface area contributed by atoms with Crippen molar-refractivity contribution in [2.45, 2.75) is 19.4 Å². The Bertz CT molecular complexity index is 595. The van der Waals surface area contributed by atoms with Gasteiger partial charge in [0.25, 0.3) is 5.91 Å². The predicted molar refractivity (Wildman–Crippen MR) is 69.8 cm³/mol. The SMILES string of the molecule is CC[C@H]1CN(C(=O)c2ccc3n[nH]nc3c2)CCO1. The second-order valence-corrected chi connectivity index (χ2v) is 4.68. The molecule has 1 fully saturated rings. The number of carbonyl (C=O) groups is 1. The number of rotatable bonds is 2. The first kappa shape index (κ1) is 12.1. The lowest BCUT2D eigenvalue weighted by Crippen LogP contribution is -2.45. The van der Waals surface area contributed by atoms with Gasteiger partial charge in [0.2, 0.25) is 0 Å². The molecule has 1 aromatic heterocycles. The molecule has 100 valence electrons. The third-order valence-electron chi connectivity index (χ3n) is 3.44. The molecule has 6 nitrogen and oxygen atoms in total. The Hall–Kier alpha value is -1.95. The van der Waals surface area contributed by atoms with Gasteiger partial charge >= 0.3 is 0 Å². The molecule has 2 heterocycles. The lowest BCUT2D eigenvalue weighted by atomic mass is 10.1. The number of ether oxygens (including phenoxy) is 1. The monoisotopic (exact) mass is 260 g/mol. The number of morpholine rings is 1. The lowest BCUT2D eigenvalue weighted by molar-refractivity contribution is -0.0226. The van der Waals surface area contributed by atoms with E-state index in [1.54, 1.807) is 12.1 Å². The second-order valence-electron chi connectivity index (χ2n) is 4.68. The van der Waals surface area contributed by atoms with Crippen LogP contribution < -0.4 is 0 Å². The van der Waals surface area contributed by atoms with E-state index in [2.05, 4.69) is 22.3 Å². The molecule has 1 saturated heterocycles. The first-order valence-electron chi connectivity index (χ1n) is 6.49. The molecule has 1 amide bonds. The maximum absolute atomic E-state index is 12.4. The quantitative estimate of drug-likeness (QED) is 0.881. The zero-order chi connectivity index (χ0) is 13.2. The number of aromatic amines is 1. The normalized spacial score (nSPS) is 19.8. The van der Waals surface area contributed by atoms with E-state index in [9.17, 15) is 4.79 Å². The Kier molecular flexibility index (Phi) is 3.16.